The van der Waals surface area contributed by atoms with Crippen molar-refractivity contribution in [1.29, 1.82) is 0 Å². The second-order valence-electron chi connectivity index (χ2n) is 8.14. The number of thioether (sulfide) groups is 2. The van der Waals surface area contributed by atoms with E-state index in [1.54, 1.807) is 0 Å². The number of carbonyl (C=O) groups is 4. The minimum absolute atomic E-state index is 0.196. The van der Waals surface area contributed by atoms with Gasteiger partial charge in [-0.1, -0.05) is 41.2 Å². The van der Waals surface area contributed by atoms with Crippen LogP contribution in [0.4, 0.5) is 0 Å². The molecule has 3 rings (SSSR count). The first-order chi connectivity index (χ1) is 18.6. The van der Waals surface area contributed by atoms with E-state index in [9.17, 15) is 19.2 Å². The average molecular weight is 630 g/mol. The quantitative estimate of drug-likeness (QED) is 0.179. The Balaban J connectivity index is 1.95. The minimum atomic E-state index is -0.595. The maximum absolute atomic E-state index is 12.2. The van der Waals surface area contributed by atoms with Crippen LogP contribution >= 0.6 is 57.8 Å². The molecular formula is C26H26ClO8S4+. The van der Waals surface area contributed by atoms with Gasteiger partial charge in [-0.25, -0.2) is 19.2 Å². The highest BCUT2D eigenvalue weighted by molar-refractivity contribution is 8.29. The van der Waals surface area contributed by atoms with Crippen molar-refractivity contribution in [3.8, 4) is 0 Å². The first kappa shape index (κ1) is 31.2. The Morgan fingerprint density at radius 2 is 1.41 bits per heavy atom. The lowest BCUT2D eigenvalue weighted by atomic mass is 9.93. The third-order valence-electron chi connectivity index (χ3n) is 5.56. The lowest BCUT2D eigenvalue weighted by molar-refractivity contribution is -0.138. The number of rotatable bonds is 7. The van der Waals surface area contributed by atoms with Crippen LogP contribution in [0.2, 0.25) is 0 Å². The summed E-state index contributed by atoms with van der Waals surface area (Å²) < 4.78 is 20.8. The summed E-state index contributed by atoms with van der Waals surface area (Å²) in [7, 11) is 5.05. The lowest BCUT2D eigenvalue weighted by Crippen LogP contribution is -2.08. The van der Waals surface area contributed by atoms with Gasteiger partial charge in [0, 0.05) is 10.6 Å². The van der Waals surface area contributed by atoms with Gasteiger partial charge in [0.25, 0.3) is 13.9 Å². The van der Waals surface area contributed by atoms with E-state index < -0.39 is 23.9 Å². The number of hydrogen-bond acceptors (Lipinski definition) is 11. The van der Waals surface area contributed by atoms with E-state index in [1.807, 2.05) is 26.0 Å². The average Bonchev–Trinajstić information content (AvgIpc) is 3.59. The minimum Gasteiger partial charge on any atom is -0.465 e. The van der Waals surface area contributed by atoms with E-state index in [1.165, 1.54) is 74.6 Å². The molecule has 0 atom stereocenters. The van der Waals surface area contributed by atoms with Crippen molar-refractivity contribution >= 4 is 87.2 Å². The molecule has 0 N–H and O–H groups in total. The maximum atomic E-state index is 12.2. The van der Waals surface area contributed by atoms with Crippen molar-refractivity contribution in [3.63, 3.8) is 0 Å². The molecule has 0 saturated carbocycles. The van der Waals surface area contributed by atoms with Crippen molar-refractivity contribution in [3.05, 3.63) is 61.9 Å². The zero-order valence-electron chi connectivity index (χ0n) is 22.1. The molecule has 208 valence electrons. The normalized spacial score (nSPS) is 16.9. The van der Waals surface area contributed by atoms with Gasteiger partial charge in [0.1, 0.15) is 32.5 Å². The van der Waals surface area contributed by atoms with E-state index in [4.69, 9.17) is 30.5 Å². The summed E-state index contributed by atoms with van der Waals surface area (Å²) in [5.41, 5.74) is 3.57. The first-order valence-electron chi connectivity index (χ1n) is 11.4. The number of hydrogen-bond donors (Lipinski definition) is 0. The molecule has 0 radical (unpaired) electrons. The van der Waals surface area contributed by atoms with Crippen LogP contribution in [0.15, 0.2) is 48.0 Å². The summed E-state index contributed by atoms with van der Waals surface area (Å²) in [6.45, 7) is 3.79. The van der Waals surface area contributed by atoms with Crippen molar-refractivity contribution in [1.82, 2.24) is 0 Å². The van der Waals surface area contributed by atoms with Crippen LogP contribution in [-0.2, 0) is 28.5 Å². The molecule has 39 heavy (non-hydrogen) atoms. The molecule has 8 nitrogen and oxygen atoms in total. The number of carbonyl (C=O) groups excluding carboxylic acids is 4. The highest BCUT2D eigenvalue weighted by Crippen LogP contribution is 2.52. The van der Waals surface area contributed by atoms with Crippen LogP contribution in [0.5, 0.6) is 0 Å². The van der Waals surface area contributed by atoms with Gasteiger partial charge in [0.05, 0.1) is 32.7 Å². The van der Waals surface area contributed by atoms with E-state index in [-0.39, 0.29) is 19.6 Å². The molecule has 1 aliphatic heterocycles. The van der Waals surface area contributed by atoms with Gasteiger partial charge in [-0.05, 0) is 55.9 Å². The fourth-order valence-electron chi connectivity index (χ4n) is 3.63. The van der Waals surface area contributed by atoms with Gasteiger partial charge in [0.15, 0.2) is 0 Å². The Labute approximate surface area is 247 Å². The Bertz CT molecular complexity index is 1320. The molecule has 0 amide bonds. The smallest absolute Gasteiger partial charge is 0.375 e. The van der Waals surface area contributed by atoms with E-state index >= 15 is 0 Å². The van der Waals surface area contributed by atoms with Gasteiger partial charge in [-0.3, -0.25) is 0 Å². The molecule has 0 aromatic carbocycles. The molecule has 13 heteroatoms. The summed E-state index contributed by atoms with van der Waals surface area (Å²) in [6, 6.07) is 0. The van der Waals surface area contributed by atoms with Gasteiger partial charge in [-0.15, -0.1) is 0 Å². The van der Waals surface area contributed by atoms with Crippen molar-refractivity contribution in [2.24, 2.45) is 0 Å². The summed E-state index contributed by atoms with van der Waals surface area (Å²) in [6.07, 6.45) is 6.33. The Morgan fingerprint density at radius 3 is 1.95 bits per heavy atom. The topological polar surface area (TPSA) is 105 Å². The molecule has 0 spiro atoms. The maximum Gasteiger partial charge on any atom is 0.375 e. The van der Waals surface area contributed by atoms with Gasteiger partial charge in [-0.2, -0.15) is 0 Å². The molecule has 0 bridgehead atoms. The first-order valence-corrected chi connectivity index (χ1v) is 15.1. The number of methoxy groups -OCH3 is 4. The molecular weight excluding hydrogens is 604 g/mol. The number of allylic oxidation sites excluding steroid dienone is 7. The molecule has 0 fully saturated rings. The van der Waals surface area contributed by atoms with Gasteiger partial charge in [0.2, 0.25) is 0 Å². The van der Waals surface area contributed by atoms with Crippen LogP contribution in [0, 0.1) is 0 Å². The monoisotopic (exact) mass is 629 g/mol. The predicted molar refractivity (Wildman–Crippen MR) is 157 cm³/mol. The Hall–Kier alpha value is -2.38. The van der Waals surface area contributed by atoms with Crippen LogP contribution < -0.4 is 0 Å². The summed E-state index contributed by atoms with van der Waals surface area (Å²) in [5, 5.41) is 0.617. The van der Waals surface area contributed by atoms with Gasteiger partial charge >= 0.3 is 23.9 Å². The predicted octanol–water partition coefficient (Wildman–Crippen LogP) is 6.94. The van der Waals surface area contributed by atoms with Crippen LogP contribution in [0.3, 0.4) is 0 Å². The zero-order chi connectivity index (χ0) is 28.9. The largest absolute Gasteiger partial charge is 0.465 e. The van der Waals surface area contributed by atoms with Crippen molar-refractivity contribution < 1.29 is 38.1 Å². The van der Waals surface area contributed by atoms with Gasteiger partial charge < -0.3 is 18.9 Å². The molecule has 2 heterocycles. The number of ether oxygens (including phenoxy) is 4. The molecule has 1 aromatic rings. The lowest BCUT2D eigenvalue weighted by Gasteiger charge is -2.18. The standard InChI is InChI=1S/C26H26ClO8S4/c1-12(25-36-17(21(28)32-3)18(37-25)22(29)33-4)10-14-8-7-9-15(16(14)27)11-13(2)26-38-19(23(30)34-5)20(39-26)24(31)35-6/h10-11H,7-9H2,1-6H3/q+1. The fraction of sp³-hybridized carbons (Fsp3) is 0.346. The third kappa shape index (κ3) is 7.04. The van der Waals surface area contributed by atoms with Crippen molar-refractivity contribution in [2.75, 3.05) is 28.4 Å². The molecule has 0 unspecified atom stereocenters. The number of esters is 4. The second kappa shape index (κ2) is 13.8. The van der Waals surface area contributed by atoms with E-state index in [2.05, 4.69) is 0 Å². The molecule has 2 aliphatic rings. The fourth-order valence-corrected chi connectivity index (χ4v) is 8.76. The summed E-state index contributed by atoms with van der Waals surface area (Å²) >= 11 is 11.5. The molecule has 0 saturated heterocycles. The van der Waals surface area contributed by atoms with Crippen LogP contribution in [-0.4, -0.2) is 52.3 Å². The van der Waals surface area contributed by atoms with E-state index in [0.717, 1.165) is 50.0 Å². The zero-order valence-corrected chi connectivity index (χ0v) is 26.1. The second-order valence-corrected chi connectivity index (χ2v) is 13.1. The molecule has 1 aromatic heterocycles. The summed E-state index contributed by atoms with van der Waals surface area (Å²) in [4.78, 5) is 49.6. The van der Waals surface area contributed by atoms with E-state index in [0.29, 0.717) is 5.03 Å². The summed E-state index contributed by atoms with van der Waals surface area (Å²) in [5.74, 6) is -2.38. The number of halogens is 1. The Kier molecular flexibility index (Phi) is 11.0. The SMILES string of the molecule is COC(=O)C1=C(C(=O)OC)SC(=C(C)/C=C2/CCCC(/C=C(\C)c3sc(C(=O)OC)c(C(=O)OC)[s+]3)=C2Cl)S1. The van der Waals surface area contributed by atoms with Crippen molar-refractivity contribution in [2.45, 2.75) is 33.1 Å². The van der Waals surface area contributed by atoms with Crippen LogP contribution in [0.1, 0.15) is 56.6 Å². The highest BCUT2D eigenvalue weighted by atomic mass is 35.5. The Morgan fingerprint density at radius 1 is 0.846 bits per heavy atom. The third-order valence-corrected chi connectivity index (χ3v) is 11.6. The van der Waals surface area contributed by atoms with Crippen LogP contribution in [0.25, 0.3) is 5.57 Å². The molecule has 1 aliphatic carbocycles. The highest BCUT2D eigenvalue weighted by Gasteiger charge is 2.36.